The second-order valence-electron chi connectivity index (χ2n) is 6.58. The van der Waals surface area contributed by atoms with Gasteiger partial charge in [-0.25, -0.2) is 4.68 Å². The number of rotatable bonds is 3. The van der Waals surface area contributed by atoms with Crippen LogP contribution in [-0.2, 0) is 11.3 Å². The van der Waals surface area contributed by atoms with E-state index in [4.69, 9.17) is 11.6 Å². The fraction of sp³-hybridized carbons (Fsp3) is 0.150. The van der Waals surface area contributed by atoms with Crippen LogP contribution in [0.2, 0.25) is 5.02 Å². The third-order valence-electron chi connectivity index (χ3n) is 4.52. The van der Waals surface area contributed by atoms with E-state index < -0.39 is 0 Å². The number of benzene rings is 2. The second kappa shape index (κ2) is 6.55. The molecule has 0 radical (unpaired) electrons. The molecule has 0 aliphatic heterocycles. The first-order valence-electron chi connectivity index (χ1n) is 8.46. The number of pyridine rings is 1. The number of nitrogens with zero attached hydrogens (tertiary/aromatic N) is 2. The summed E-state index contributed by atoms with van der Waals surface area (Å²) in [5.74, 6) is -0.285. The standard InChI is InChI=1S/C20H17ClN4O2/c1-11-3-4-12(2)17(7-11)23-18(26)10-25-20(27)15-9-22-16-6-5-13(21)8-14(16)19(15)24-25/h3-9,24H,10H2,1-2H3,(H,23,26). The average molecular weight is 381 g/mol. The number of H-pyrrole nitrogens is 1. The molecule has 0 aliphatic carbocycles. The molecule has 27 heavy (non-hydrogen) atoms. The van der Waals surface area contributed by atoms with Crippen LogP contribution in [0.4, 0.5) is 5.69 Å². The molecule has 0 saturated heterocycles. The van der Waals surface area contributed by atoms with Gasteiger partial charge < -0.3 is 5.32 Å². The van der Waals surface area contributed by atoms with E-state index in [1.54, 1.807) is 18.2 Å². The van der Waals surface area contributed by atoms with Crippen LogP contribution in [0.1, 0.15) is 11.1 Å². The highest BCUT2D eigenvalue weighted by atomic mass is 35.5. The summed E-state index contributed by atoms with van der Waals surface area (Å²) in [5, 5.41) is 7.60. The van der Waals surface area contributed by atoms with Crippen LogP contribution in [0.3, 0.4) is 0 Å². The largest absolute Gasteiger partial charge is 0.324 e. The van der Waals surface area contributed by atoms with E-state index in [0.717, 1.165) is 27.7 Å². The number of hydrogen-bond acceptors (Lipinski definition) is 3. The predicted octanol–water partition coefficient (Wildman–Crippen LogP) is 3.79. The van der Waals surface area contributed by atoms with Gasteiger partial charge in [0.15, 0.2) is 0 Å². The van der Waals surface area contributed by atoms with Gasteiger partial charge in [0.05, 0.1) is 16.4 Å². The van der Waals surface area contributed by atoms with Crippen LogP contribution in [0.25, 0.3) is 21.8 Å². The molecule has 0 aliphatic rings. The van der Waals surface area contributed by atoms with Crippen molar-refractivity contribution in [2.75, 3.05) is 5.32 Å². The lowest BCUT2D eigenvalue weighted by atomic mass is 10.1. The molecule has 0 bridgehead atoms. The van der Waals surface area contributed by atoms with Gasteiger partial charge in [-0.15, -0.1) is 0 Å². The van der Waals surface area contributed by atoms with Crippen LogP contribution in [0.15, 0.2) is 47.4 Å². The van der Waals surface area contributed by atoms with Crippen molar-refractivity contribution in [3.8, 4) is 0 Å². The number of aromatic amines is 1. The van der Waals surface area contributed by atoms with Crippen LogP contribution in [-0.4, -0.2) is 20.7 Å². The predicted molar refractivity (Wildman–Crippen MR) is 107 cm³/mol. The Labute approximate surface area is 159 Å². The van der Waals surface area contributed by atoms with E-state index in [1.165, 1.54) is 10.9 Å². The molecule has 0 saturated carbocycles. The summed E-state index contributed by atoms with van der Waals surface area (Å²) in [6.07, 6.45) is 1.52. The molecule has 4 rings (SSSR count). The molecular formula is C20H17ClN4O2. The summed E-state index contributed by atoms with van der Waals surface area (Å²) in [6.45, 7) is 3.76. The van der Waals surface area contributed by atoms with Gasteiger partial charge in [0.2, 0.25) is 5.91 Å². The molecule has 0 spiro atoms. The van der Waals surface area contributed by atoms with Crippen molar-refractivity contribution < 1.29 is 4.79 Å². The summed E-state index contributed by atoms with van der Waals surface area (Å²) in [5.41, 5.74) is 3.79. The molecule has 1 amide bonds. The van der Waals surface area contributed by atoms with E-state index in [9.17, 15) is 9.59 Å². The maximum Gasteiger partial charge on any atom is 0.276 e. The lowest BCUT2D eigenvalue weighted by Crippen LogP contribution is -2.26. The van der Waals surface area contributed by atoms with Crippen molar-refractivity contribution in [3.05, 3.63) is 69.1 Å². The monoisotopic (exact) mass is 380 g/mol. The normalized spacial score (nSPS) is 11.2. The summed E-state index contributed by atoms with van der Waals surface area (Å²) >= 11 is 6.08. The highest BCUT2D eigenvalue weighted by Crippen LogP contribution is 2.23. The Bertz CT molecular complexity index is 1260. The van der Waals surface area contributed by atoms with Gasteiger partial charge in [0, 0.05) is 22.3 Å². The zero-order chi connectivity index (χ0) is 19.1. The van der Waals surface area contributed by atoms with E-state index in [1.807, 2.05) is 32.0 Å². The van der Waals surface area contributed by atoms with E-state index in [2.05, 4.69) is 15.4 Å². The number of fused-ring (bicyclic) bond motifs is 3. The summed E-state index contributed by atoms with van der Waals surface area (Å²) in [6, 6.07) is 11.1. The van der Waals surface area contributed by atoms with Crippen molar-refractivity contribution in [1.29, 1.82) is 0 Å². The highest BCUT2D eigenvalue weighted by Gasteiger charge is 2.14. The zero-order valence-electron chi connectivity index (χ0n) is 14.8. The van der Waals surface area contributed by atoms with Crippen LogP contribution in [0, 0.1) is 13.8 Å². The first kappa shape index (κ1) is 17.3. The minimum absolute atomic E-state index is 0.122. The molecule has 4 aromatic rings. The molecule has 136 valence electrons. The molecule has 0 unspecified atom stereocenters. The van der Waals surface area contributed by atoms with Crippen LogP contribution >= 0.6 is 11.6 Å². The average Bonchev–Trinajstić information content (AvgIpc) is 2.94. The Balaban J connectivity index is 1.69. The Kier molecular flexibility index (Phi) is 4.20. The van der Waals surface area contributed by atoms with Crippen LogP contribution in [0.5, 0.6) is 0 Å². The van der Waals surface area contributed by atoms with Gasteiger partial charge in [-0.2, -0.15) is 0 Å². The molecule has 7 heteroatoms. The number of carbonyl (C=O) groups is 1. The number of carbonyl (C=O) groups excluding carboxylic acids is 1. The maximum atomic E-state index is 12.6. The Morgan fingerprint density at radius 2 is 2.00 bits per heavy atom. The zero-order valence-corrected chi connectivity index (χ0v) is 15.6. The van der Waals surface area contributed by atoms with Crippen molar-refractivity contribution in [2.24, 2.45) is 0 Å². The fourth-order valence-electron chi connectivity index (χ4n) is 3.09. The number of nitrogens with one attached hydrogen (secondary N) is 2. The van der Waals surface area contributed by atoms with Crippen molar-refractivity contribution in [1.82, 2.24) is 14.8 Å². The number of hydrogen-bond donors (Lipinski definition) is 2. The minimum Gasteiger partial charge on any atom is -0.324 e. The van der Waals surface area contributed by atoms with Crippen molar-refractivity contribution in [2.45, 2.75) is 20.4 Å². The lowest BCUT2D eigenvalue weighted by molar-refractivity contribution is -0.116. The van der Waals surface area contributed by atoms with Gasteiger partial charge in [-0.3, -0.25) is 19.7 Å². The minimum atomic E-state index is -0.296. The summed E-state index contributed by atoms with van der Waals surface area (Å²) in [7, 11) is 0. The molecule has 2 aromatic carbocycles. The summed E-state index contributed by atoms with van der Waals surface area (Å²) < 4.78 is 1.28. The first-order chi connectivity index (χ1) is 12.9. The third-order valence-corrected chi connectivity index (χ3v) is 4.76. The van der Waals surface area contributed by atoms with Gasteiger partial charge >= 0.3 is 0 Å². The fourth-order valence-corrected chi connectivity index (χ4v) is 3.27. The maximum absolute atomic E-state index is 12.6. The summed E-state index contributed by atoms with van der Waals surface area (Å²) in [4.78, 5) is 29.4. The SMILES string of the molecule is Cc1ccc(C)c(NC(=O)Cn2[nH]c3c(cnc4ccc(Cl)cc43)c2=O)c1. The number of halogens is 1. The van der Waals surface area contributed by atoms with Gasteiger partial charge in [-0.05, 0) is 49.2 Å². The van der Waals surface area contributed by atoms with Gasteiger partial charge in [0.25, 0.3) is 5.56 Å². The third kappa shape index (κ3) is 3.19. The Morgan fingerprint density at radius 1 is 1.19 bits per heavy atom. The highest BCUT2D eigenvalue weighted by molar-refractivity contribution is 6.31. The smallest absolute Gasteiger partial charge is 0.276 e. The molecule has 6 nitrogen and oxygen atoms in total. The topological polar surface area (TPSA) is 79.8 Å². The quantitative estimate of drug-likeness (QED) is 0.567. The number of aromatic nitrogens is 3. The molecule has 2 aromatic heterocycles. The van der Waals surface area contributed by atoms with Crippen LogP contribution < -0.4 is 10.9 Å². The van der Waals surface area contributed by atoms with E-state index in [0.29, 0.717) is 15.9 Å². The van der Waals surface area contributed by atoms with E-state index >= 15 is 0 Å². The van der Waals surface area contributed by atoms with E-state index in [-0.39, 0.29) is 18.0 Å². The lowest BCUT2D eigenvalue weighted by Gasteiger charge is -2.09. The van der Waals surface area contributed by atoms with Gasteiger partial charge in [-0.1, -0.05) is 23.7 Å². The van der Waals surface area contributed by atoms with Crippen molar-refractivity contribution >= 4 is 45.0 Å². The molecule has 2 heterocycles. The molecule has 0 atom stereocenters. The second-order valence-corrected chi connectivity index (χ2v) is 7.01. The molecular weight excluding hydrogens is 364 g/mol. The van der Waals surface area contributed by atoms with Crippen molar-refractivity contribution in [3.63, 3.8) is 0 Å². The first-order valence-corrected chi connectivity index (χ1v) is 8.84. The van der Waals surface area contributed by atoms with Gasteiger partial charge in [0.1, 0.15) is 6.54 Å². The molecule has 2 N–H and O–H groups in total. The number of aryl methyl sites for hydroxylation is 2. The Morgan fingerprint density at radius 3 is 2.81 bits per heavy atom. The number of anilines is 1. The number of amides is 1. The Hall–Kier alpha value is -3.12. The molecule has 0 fully saturated rings.